The Kier molecular flexibility index (Phi) is 2.40. The molecule has 0 saturated carbocycles. The van der Waals surface area contributed by atoms with Crippen molar-refractivity contribution in [3.8, 4) is 0 Å². The lowest BCUT2D eigenvalue weighted by atomic mass is 10.1. The first-order valence-corrected chi connectivity index (χ1v) is 4.69. The van der Waals surface area contributed by atoms with Crippen LogP contribution in [0.5, 0.6) is 0 Å². The topological polar surface area (TPSA) is 76.7 Å². The standard InChI is InChI=1S/C9H11N3O3/c1-2-12-5-6(4-10-12)7-3-8(9(13)14)15-11-7/h4-5,8H,2-3H2,1H3,(H,13,14)/t8-/m1/s1. The zero-order chi connectivity index (χ0) is 10.8. The van der Waals surface area contributed by atoms with E-state index >= 15 is 0 Å². The summed E-state index contributed by atoms with van der Waals surface area (Å²) in [5.41, 5.74) is 1.46. The average Bonchev–Trinajstić information content (AvgIpc) is 2.86. The highest BCUT2D eigenvalue weighted by atomic mass is 16.7. The molecule has 80 valence electrons. The van der Waals surface area contributed by atoms with Crippen LogP contribution in [-0.4, -0.2) is 32.7 Å². The monoisotopic (exact) mass is 209 g/mol. The summed E-state index contributed by atoms with van der Waals surface area (Å²) in [6, 6.07) is 0. The van der Waals surface area contributed by atoms with Crippen molar-refractivity contribution < 1.29 is 14.7 Å². The minimum Gasteiger partial charge on any atom is -0.478 e. The predicted molar refractivity (Wildman–Crippen MR) is 51.6 cm³/mol. The van der Waals surface area contributed by atoms with Crippen LogP contribution in [0.2, 0.25) is 0 Å². The molecule has 1 atom stereocenters. The number of carbonyl (C=O) groups is 1. The third-order valence-electron chi connectivity index (χ3n) is 2.23. The molecule has 2 rings (SSSR count). The predicted octanol–water partition coefficient (Wildman–Crippen LogP) is 0.481. The zero-order valence-electron chi connectivity index (χ0n) is 8.25. The van der Waals surface area contributed by atoms with Gasteiger partial charge in [0.15, 0.2) is 0 Å². The average molecular weight is 209 g/mol. The number of carboxylic acids is 1. The molecule has 0 aliphatic carbocycles. The minimum absolute atomic E-state index is 0.296. The molecule has 0 fully saturated rings. The number of hydrogen-bond acceptors (Lipinski definition) is 4. The third kappa shape index (κ3) is 1.83. The fraction of sp³-hybridized carbons (Fsp3) is 0.444. The highest BCUT2D eigenvalue weighted by molar-refractivity contribution is 6.03. The maximum Gasteiger partial charge on any atom is 0.348 e. The van der Waals surface area contributed by atoms with E-state index in [0.717, 1.165) is 12.1 Å². The smallest absolute Gasteiger partial charge is 0.348 e. The van der Waals surface area contributed by atoms with Crippen molar-refractivity contribution in [3.05, 3.63) is 18.0 Å². The lowest BCUT2D eigenvalue weighted by Gasteiger charge is -1.98. The Morgan fingerprint density at radius 1 is 1.80 bits per heavy atom. The van der Waals surface area contributed by atoms with Crippen LogP contribution in [0.25, 0.3) is 0 Å². The second-order valence-corrected chi connectivity index (χ2v) is 3.26. The number of aromatic nitrogens is 2. The number of hydrogen-bond donors (Lipinski definition) is 1. The van der Waals surface area contributed by atoms with Gasteiger partial charge in [-0.25, -0.2) is 4.79 Å². The van der Waals surface area contributed by atoms with E-state index in [1.165, 1.54) is 0 Å². The molecule has 1 N–H and O–H groups in total. The van der Waals surface area contributed by atoms with E-state index in [4.69, 9.17) is 9.94 Å². The molecular weight excluding hydrogens is 198 g/mol. The normalized spacial score (nSPS) is 19.8. The molecule has 0 spiro atoms. The molecule has 0 unspecified atom stereocenters. The van der Waals surface area contributed by atoms with E-state index in [1.54, 1.807) is 10.9 Å². The van der Waals surface area contributed by atoms with Crippen molar-refractivity contribution in [2.75, 3.05) is 0 Å². The van der Waals surface area contributed by atoms with Gasteiger partial charge in [-0.1, -0.05) is 5.16 Å². The van der Waals surface area contributed by atoms with Crippen molar-refractivity contribution in [2.24, 2.45) is 5.16 Å². The van der Waals surface area contributed by atoms with Gasteiger partial charge in [0.25, 0.3) is 0 Å². The molecule has 15 heavy (non-hydrogen) atoms. The summed E-state index contributed by atoms with van der Waals surface area (Å²) < 4.78 is 1.76. The fourth-order valence-electron chi connectivity index (χ4n) is 1.37. The molecule has 6 heteroatoms. The molecule has 1 aromatic rings. The van der Waals surface area contributed by atoms with Crippen LogP contribution in [0.15, 0.2) is 17.5 Å². The SMILES string of the molecule is CCn1cc(C2=NO[C@@H](C(=O)O)C2)cn1. The van der Waals surface area contributed by atoms with Crippen molar-refractivity contribution in [1.29, 1.82) is 0 Å². The van der Waals surface area contributed by atoms with Gasteiger partial charge in [-0.3, -0.25) is 4.68 Å². The summed E-state index contributed by atoms with van der Waals surface area (Å²) in [6.45, 7) is 2.75. The van der Waals surface area contributed by atoms with Crippen LogP contribution in [0.4, 0.5) is 0 Å². The highest BCUT2D eigenvalue weighted by Gasteiger charge is 2.28. The van der Waals surface area contributed by atoms with Crippen LogP contribution in [0.3, 0.4) is 0 Å². The van der Waals surface area contributed by atoms with Crippen LogP contribution in [0.1, 0.15) is 18.9 Å². The minimum atomic E-state index is -0.989. The van der Waals surface area contributed by atoms with Crippen LogP contribution in [-0.2, 0) is 16.2 Å². The fourth-order valence-corrected chi connectivity index (χ4v) is 1.37. The second kappa shape index (κ2) is 3.72. The second-order valence-electron chi connectivity index (χ2n) is 3.26. The van der Waals surface area contributed by atoms with Gasteiger partial charge in [0.05, 0.1) is 11.9 Å². The molecule has 0 saturated heterocycles. The number of carboxylic acid groups (broad SMARTS) is 1. The highest BCUT2D eigenvalue weighted by Crippen LogP contribution is 2.16. The summed E-state index contributed by atoms with van der Waals surface area (Å²) in [5.74, 6) is -0.989. The van der Waals surface area contributed by atoms with Crippen LogP contribution in [0, 0.1) is 0 Å². The van der Waals surface area contributed by atoms with E-state index in [-0.39, 0.29) is 0 Å². The first kappa shape index (κ1) is 9.70. The first-order valence-electron chi connectivity index (χ1n) is 4.69. The van der Waals surface area contributed by atoms with Gasteiger partial charge < -0.3 is 9.94 Å². The van der Waals surface area contributed by atoms with Crippen molar-refractivity contribution in [2.45, 2.75) is 26.0 Å². The van der Waals surface area contributed by atoms with E-state index < -0.39 is 12.1 Å². The summed E-state index contributed by atoms with van der Waals surface area (Å²) in [6.07, 6.45) is 2.93. The Morgan fingerprint density at radius 3 is 3.13 bits per heavy atom. The van der Waals surface area contributed by atoms with Gasteiger partial charge in [0.2, 0.25) is 6.10 Å². The largest absolute Gasteiger partial charge is 0.478 e. The molecule has 0 amide bonds. The third-order valence-corrected chi connectivity index (χ3v) is 2.23. The van der Waals surface area contributed by atoms with Crippen molar-refractivity contribution >= 4 is 11.7 Å². The van der Waals surface area contributed by atoms with E-state index in [9.17, 15) is 4.79 Å². The van der Waals surface area contributed by atoms with Crippen molar-refractivity contribution in [1.82, 2.24) is 9.78 Å². The van der Waals surface area contributed by atoms with Crippen molar-refractivity contribution in [3.63, 3.8) is 0 Å². The summed E-state index contributed by atoms with van der Waals surface area (Å²) in [5, 5.41) is 16.5. The Bertz CT molecular complexity index is 410. The quantitative estimate of drug-likeness (QED) is 0.785. The number of nitrogens with zero attached hydrogens (tertiary/aromatic N) is 3. The maximum absolute atomic E-state index is 10.6. The zero-order valence-corrected chi connectivity index (χ0v) is 8.25. The molecule has 1 aliphatic rings. The van der Waals surface area contributed by atoms with Gasteiger partial charge in [-0.2, -0.15) is 5.10 Å². The Hall–Kier alpha value is -1.85. The lowest BCUT2D eigenvalue weighted by molar-refractivity contribution is -0.148. The molecule has 0 radical (unpaired) electrons. The Balaban J connectivity index is 2.10. The lowest BCUT2D eigenvalue weighted by Crippen LogP contribution is -2.19. The van der Waals surface area contributed by atoms with Crippen LogP contribution >= 0.6 is 0 Å². The molecule has 6 nitrogen and oxygen atoms in total. The molecule has 2 heterocycles. The molecule has 0 aromatic carbocycles. The molecule has 1 aromatic heterocycles. The molecular formula is C9H11N3O3. The van der Waals surface area contributed by atoms with E-state index in [1.807, 2.05) is 13.1 Å². The van der Waals surface area contributed by atoms with Crippen LogP contribution < -0.4 is 0 Å². The van der Waals surface area contributed by atoms with Gasteiger partial charge in [-0.15, -0.1) is 0 Å². The number of rotatable bonds is 3. The van der Waals surface area contributed by atoms with Gasteiger partial charge in [0.1, 0.15) is 0 Å². The maximum atomic E-state index is 10.6. The summed E-state index contributed by atoms with van der Waals surface area (Å²) >= 11 is 0. The summed E-state index contributed by atoms with van der Waals surface area (Å²) in [7, 11) is 0. The first-order chi connectivity index (χ1) is 7.20. The van der Waals surface area contributed by atoms with E-state index in [0.29, 0.717) is 12.1 Å². The van der Waals surface area contributed by atoms with E-state index in [2.05, 4.69) is 10.3 Å². The number of aliphatic carboxylic acids is 1. The van der Waals surface area contributed by atoms with Gasteiger partial charge in [0, 0.05) is 24.7 Å². The molecule has 1 aliphatic heterocycles. The number of aryl methyl sites for hydroxylation is 1. The summed E-state index contributed by atoms with van der Waals surface area (Å²) in [4.78, 5) is 15.4. The van der Waals surface area contributed by atoms with Gasteiger partial charge >= 0.3 is 5.97 Å². The Morgan fingerprint density at radius 2 is 2.60 bits per heavy atom. The molecule has 0 bridgehead atoms. The number of oxime groups is 1. The Labute approximate surface area is 86.1 Å². The van der Waals surface area contributed by atoms with Gasteiger partial charge in [-0.05, 0) is 6.92 Å².